The summed E-state index contributed by atoms with van der Waals surface area (Å²) in [6.45, 7) is 1.83. The number of hydrogen-bond donors (Lipinski definition) is 1. The average Bonchev–Trinajstić information content (AvgIpc) is 3.47. The van der Waals surface area contributed by atoms with Gasteiger partial charge in [0.05, 0.1) is 33.0 Å². The van der Waals surface area contributed by atoms with Crippen molar-refractivity contribution in [1.29, 1.82) is 0 Å². The number of nitrogens with one attached hydrogen (secondary N) is 1. The molecule has 1 saturated heterocycles. The summed E-state index contributed by atoms with van der Waals surface area (Å²) in [6, 6.07) is 5.50. The van der Waals surface area contributed by atoms with Crippen LogP contribution in [0.15, 0.2) is 34.1 Å². The van der Waals surface area contributed by atoms with Gasteiger partial charge in [-0.25, -0.2) is 9.97 Å². The van der Waals surface area contributed by atoms with Gasteiger partial charge in [0.25, 0.3) is 0 Å². The van der Waals surface area contributed by atoms with Crippen LogP contribution < -0.4 is 10.2 Å². The SMILES string of the molecule is C[C@H](Sc1nc2ccc(N3C(=O)[C@@H]4CCCC[C@H]4C3=O)cc2s1)C(=O)Nc1nccs1. The predicted molar refractivity (Wildman–Crippen MR) is 124 cm³/mol. The summed E-state index contributed by atoms with van der Waals surface area (Å²) >= 11 is 4.22. The molecule has 1 N–H and O–H groups in total. The fourth-order valence-corrected chi connectivity index (χ4v) is 6.97. The van der Waals surface area contributed by atoms with Crippen molar-refractivity contribution in [3.8, 4) is 0 Å². The monoisotopic (exact) mass is 472 g/mol. The zero-order valence-corrected chi connectivity index (χ0v) is 19.2. The summed E-state index contributed by atoms with van der Waals surface area (Å²) in [4.78, 5) is 48.2. The number of fused-ring (bicyclic) bond motifs is 2. The van der Waals surface area contributed by atoms with E-state index in [9.17, 15) is 14.4 Å². The Morgan fingerprint density at radius 3 is 2.65 bits per heavy atom. The molecule has 31 heavy (non-hydrogen) atoms. The number of benzene rings is 1. The van der Waals surface area contributed by atoms with E-state index in [4.69, 9.17) is 0 Å². The Bertz CT molecular complexity index is 1140. The molecule has 10 heteroatoms. The van der Waals surface area contributed by atoms with Crippen LogP contribution in [-0.4, -0.2) is 32.9 Å². The zero-order chi connectivity index (χ0) is 21.5. The van der Waals surface area contributed by atoms with Gasteiger partial charge in [0, 0.05) is 11.6 Å². The van der Waals surface area contributed by atoms with Gasteiger partial charge in [0.1, 0.15) is 0 Å². The molecular weight excluding hydrogens is 452 g/mol. The van der Waals surface area contributed by atoms with Gasteiger partial charge >= 0.3 is 0 Å². The van der Waals surface area contributed by atoms with Crippen LogP contribution in [0.2, 0.25) is 0 Å². The number of thiazole rings is 2. The summed E-state index contributed by atoms with van der Waals surface area (Å²) < 4.78 is 1.66. The van der Waals surface area contributed by atoms with E-state index in [2.05, 4.69) is 15.3 Å². The fourth-order valence-electron chi connectivity index (χ4n) is 4.20. The second-order valence-electron chi connectivity index (χ2n) is 7.73. The Morgan fingerprint density at radius 1 is 1.23 bits per heavy atom. The highest BCUT2D eigenvalue weighted by Gasteiger charge is 2.48. The number of carbonyl (C=O) groups excluding carboxylic acids is 3. The molecule has 2 aliphatic rings. The van der Waals surface area contributed by atoms with Crippen LogP contribution >= 0.6 is 34.4 Å². The minimum Gasteiger partial charge on any atom is -0.301 e. The Labute approximate surface area is 191 Å². The summed E-state index contributed by atoms with van der Waals surface area (Å²) in [5, 5.41) is 4.84. The van der Waals surface area contributed by atoms with Gasteiger partial charge < -0.3 is 5.32 Å². The second kappa shape index (κ2) is 8.33. The highest BCUT2D eigenvalue weighted by molar-refractivity contribution is 8.02. The Balaban J connectivity index is 1.34. The van der Waals surface area contributed by atoms with E-state index in [1.165, 1.54) is 39.3 Å². The lowest BCUT2D eigenvalue weighted by Gasteiger charge is -2.19. The molecule has 0 unspecified atom stereocenters. The van der Waals surface area contributed by atoms with Crippen LogP contribution in [0.5, 0.6) is 0 Å². The largest absolute Gasteiger partial charge is 0.301 e. The minimum atomic E-state index is -0.339. The molecule has 3 aromatic rings. The molecule has 2 aromatic heterocycles. The molecule has 7 nitrogen and oxygen atoms in total. The molecule has 3 amide bonds. The van der Waals surface area contributed by atoms with Crippen molar-refractivity contribution in [3.05, 3.63) is 29.8 Å². The lowest BCUT2D eigenvalue weighted by Crippen LogP contribution is -2.30. The van der Waals surface area contributed by atoms with E-state index in [0.717, 1.165) is 40.2 Å². The van der Waals surface area contributed by atoms with E-state index < -0.39 is 0 Å². The van der Waals surface area contributed by atoms with Gasteiger partial charge in [-0.15, -0.1) is 22.7 Å². The maximum atomic E-state index is 12.9. The average molecular weight is 473 g/mol. The third-order valence-corrected chi connectivity index (χ3v) is 8.66. The van der Waals surface area contributed by atoms with Crippen molar-refractivity contribution in [1.82, 2.24) is 9.97 Å². The van der Waals surface area contributed by atoms with Crippen LogP contribution in [-0.2, 0) is 14.4 Å². The Morgan fingerprint density at radius 2 is 1.97 bits per heavy atom. The van der Waals surface area contributed by atoms with Crippen molar-refractivity contribution in [2.24, 2.45) is 11.8 Å². The number of aromatic nitrogens is 2. The molecule has 160 valence electrons. The molecule has 1 aromatic carbocycles. The number of imide groups is 1. The van der Waals surface area contributed by atoms with E-state index in [0.29, 0.717) is 10.8 Å². The first-order valence-corrected chi connectivity index (χ1v) is 12.7. The maximum absolute atomic E-state index is 12.9. The fraction of sp³-hybridized carbons (Fsp3) is 0.381. The van der Waals surface area contributed by atoms with E-state index in [-0.39, 0.29) is 34.8 Å². The molecule has 0 bridgehead atoms. The smallest absolute Gasteiger partial charge is 0.239 e. The number of anilines is 2. The molecule has 3 atom stereocenters. The molecule has 1 aliphatic carbocycles. The van der Waals surface area contributed by atoms with Crippen molar-refractivity contribution in [2.75, 3.05) is 10.2 Å². The lowest BCUT2D eigenvalue weighted by atomic mass is 9.81. The molecule has 0 radical (unpaired) electrons. The van der Waals surface area contributed by atoms with Crippen molar-refractivity contribution < 1.29 is 14.4 Å². The van der Waals surface area contributed by atoms with Crippen LogP contribution in [0.1, 0.15) is 32.6 Å². The third-order valence-electron chi connectivity index (χ3n) is 5.76. The van der Waals surface area contributed by atoms with Gasteiger partial charge in [-0.3, -0.25) is 19.3 Å². The molecule has 0 spiro atoms. The lowest BCUT2D eigenvalue weighted by molar-refractivity contribution is -0.122. The number of nitrogens with zero attached hydrogens (tertiary/aromatic N) is 3. The third kappa shape index (κ3) is 3.88. The van der Waals surface area contributed by atoms with Gasteiger partial charge in [0.2, 0.25) is 17.7 Å². The number of rotatable bonds is 5. The number of thioether (sulfide) groups is 1. The normalized spacial score (nSPS) is 22.0. The zero-order valence-electron chi connectivity index (χ0n) is 16.7. The van der Waals surface area contributed by atoms with Crippen molar-refractivity contribution in [3.63, 3.8) is 0 Å². The van der Waals surface area contributed by atoms with Crippen LogP contribution in [0.3, 0.4) is 0 Å². The van der Waals surface area contributed by atoms with Gasteiger partial charge in [-0.05, 0) is 38.0 Å². The summed E-state index contributed by atoms with van der Waals surface area (Å²) in [5.41, 5.74) is 1.41. The molecule has 1 aliphatic heterocycles. The van der Waals surface area contributed by atoms with Crippen molar-refractivity contribution >= 4 is 73.2 Å². The summed E-state index contributed by atoms with van der Waals surface area (Å²) in [6.07, 6.45) is 5.27. The molecule has 1 saturated carbocycles. The van der Waals surface area contributed by atoms with E-state index >= 15 is 0 Å². The Kier molecular flexibility index (Phi) is 5.53. The molecule has 5 rings (SSSR count). The highest BCUT2D eigenvalue weighted by Crippen LogP contribution is 2.41. The minimum absolute atomic E-state index is 0.0688. The second-order valence-corrected chi connectivity index (χ2v) is 11.2. The first-order valence-electron chi connectivity index (χ1n) is 10.2. The van der Waals surface area contributed by atoms with Gasteiger partial charge in [-0.2, -0.15) is 0 Å². The number of carbonyl (C=O) groups is 3. The first kappa shape index (κ1) is 20.6. The molecule has 2 fully saturated rings. The Hall–Kier alpha value is -2.30. The maximum Gasteiger partial charge on any atom is 0.239 e. The predicted octanol–water partition coefficient (Wildman–Crippen LogP) is 4.55. The van der Waals surface area contributed by atoms with E-state index in [1.54, 1.807) is 12.3 Å². The van der Waals surface area contributed by atoms with Gasteiger partial charge in [-0.1, -0.05) is 24.6 Å². The van der Waals surface area contributed by atoms with Crippen LogP contribution in [0, 0.1) is 11.8 Å². The summed E-state index contributed by atoms with van der Waals surface area (Å²) in [7, 11) is 0. The number of amides is 3. The topological polar surface area (TPSA) is 92.3 Å². The first-order chi connectivity index (χ1) is 15.0. The van der Waals surface area contributed by atoms with Crippen molar-refractivity contribution in [2.45, 2.75) is 42.2 Å². The summed E-state index contributed by atoms with van der Waals surface area (Å²) in [5.74, 6) is -0.597. The molecule has 3 heterocycles. The van der Waals surface area contributed by atoms with Crippen LogP contribution in [0.4, 0.5) is 10.8 Å². The standard InChI is InChI=1S/C21H20N4O3S3/c1-11(17(26)24-20-22-8-9-29-20)30-21-23-15-7-6-12(10-16(15)31-21)25-18(27)13-4-2-3-5-14(13)19(25)28/h6-11,13-14H,2-5H2,1H3,(H,22,24,26)/t11-,13+,14+/m0/s1. The molecular formula is C21H20N4O3S3. The number of hydrogen-bond acceptors (Lipinski definition) is 8. The van der Waals surface area contributed by atoms with Crippen LogP contribution in [0.25, 0.3) is 10.2 Å². The van der Waals surface area contributed by atoms with E-state index in [1.807, 2.05) is 24.4 Å². The van der Waals surface area contributed by atoms with Gasteiger partial charge in [0.15, 0.2) is 9.47 Å². The highest BCUT2D eigenvalue weighted by atomic mass is 32.2. The quantitative estimate of drug-likeness (QED) is 0.433.